The second-order valence-electron chi connectivity index (χ2n) is 5.99. The molecule has 1 aliphatic rings. The average molecular weight is 329 g/mol. The minimum atomic E-state index is 0.151. The number of rotatable bonds is 6. The van der Waals surface area contributed by atoms with E-state index in [-0.39, 0.29) is 5.41 Å². The molecule has 0 atom stereocenters. The number of guanidine groups is 1. The van der Waals surface area contributed by atoms with Crippen LogP contribution in [0.1, 0.15) is 24.1 Å². The Bertz CT molecular complexity index is 663. The molecule has 3 rings (SSSR count). The van der Waals surface area contributed by atoms with Crippen LogP contribution in [0.5, 0.6) is 0 Å². The predicted octanol–water partition coefficient (Wildman–Crippen LogP) is 2.91. The van der Waals surface area contributed by atoms with Crippen LogP contribution in [0.2, 0.25) is 5.02 Å². The molecule has 0 unspecified atom stereocenters. The summed E-state index contributed by atoms with van der Waals surface area (Å²) in [7, 11) is 0. The molecule has 0 spiro atoms. The lowest BCUT2D eigenvalue weighted by Crippen LogP contribution is -2.34. The molecule has 0 saturated heterocycles. The lowest BCUT2D eigenvalue weighted by Gasteiger charge is -2.14. The SMILES string of the molecule is NC(=NCC1(c2ccc(Cl)cc2)CC1)NCCc1ccccn1. The number of hydrogen-bond acceptors (Lipinski definition) is 2. The van der Waals surface area contributed by atoms with Crippen molar-refractivity contribution in [3.05, 3.63) is 64.9 Å². The maximum atomic E-state index is 5.97. The fourth-order valence-corrected chi connectivity index (χ4v) is 2.78. The van der Waals surface area contributed by atoms with Crippen LogP contribution in [0.25, 0.3) is 0 Å². The van der Waals surface area contributed by atoms with Crippen LogP contribution in [0.15, 0.2) is 53.7 Å². The molecule has 4 nitrogen and oxygen atoms in total. The molecule has 5 heteroatoms. The molecule has 1 aliphatic carbocycles. The van der Waals surface area contributed by atoms with Gasteiger partial charge in [0.25, 0.3) is 0 Å². The number of aliphatic imine (C=N–C) groups is 1. The van der Waals surface area contributed by atoms with Crippen LogP contribution >= 0.6 is 11.6 Å². The summed E-state index contributed by atoms with van der Waals surface area (Å²) >= 11 is 5.95. The smallest absolute Gasteiger partial charge is 0.188 e. The highest BCUT2D eigenvalue weighted by molar-refractivity contribution is 6.30. The highest BCUT2D eigenvalue weighted by Gasteiger charge is 2.44. The number of nitrogens with one attached hydrogen (secondary N) is 1. The monoisotopic (exact) mass is 328 g/mol. The summed E-state index contributed by atoms with van der Waals surface area (Å²) in [6.45, 7) is 1.46. The molecule has 1 fully saturated rings. The number of pyridine rings is 1. The third-order valence-electron chi connectivity index (χ3n) is 4.28. The van der Waals surface area contributed by atoms with Crippen molar-refractivity contribution in [2.75, 3.05) is 13.1 Å². The Morgan fingerprint density at radius 3 is 2.65 bits per heavy atom. The Hall–Kier alpha value is -2.07. The van der Waals surface area contributed by atoms with Crippen LogP contribution in [0.4, 0.5) is 0 Å². The molecule has 120 valence electrons. The first kappa shape index (κ1) is 15.8. The highest BCUT2D eigenvalue weighted by atomic mass is 35.5. The van der Waals surface area contributed by atoms with Gasteiger partial charge in [0, 0.05) is 35.3 Å². The molecule has 0 bridgehead atoms. The first-order valence-corrected chi connectivity index (χ1v) is 8.26. The molecular formula is C18H21ClN4. The Morgan fingerprint density at radius 2 is 2.00 bits per heavy atom. The van der Waals surface area contributed by atoms with Crippen molar-refractivity contribution in [1.82, 2.24) is 10.3 Å². The molecule has 23 heavy (non-hydrogen) atoms. The lowest BCUT2D eigenvalue weighted by atomic mass is 9.96. The number of aromatic nitrogens is 1. The van der Waals surface area contributed by atoms with Crippen molar-refractivity contribution in [1.29, 1.82) is 0 Å². The molecule has 1 saturated carbocycles. The highest BCUT2D eigenvalue weighted by Crippen LogP contribution is 2.48. The van der Waals surface area contributed by atoms with E-state index in [9.17, 15) is 0 Å². The van der Waals surface area contributed by atoms with Gasteiger partial charge in [-0.2, -0.15) is 0 Å². The van der Waals surface area contributed by atoms with E-state index >= 15 is 0 Å². The van der Waals surface area contributed by atoms with Crippen molar-refractivity contribution in [2.45, 2.75) is 24.7 Å². The summed E-state index contributed by atoms with van der Waals surface area (Å²) in [5, 5.41) is 3.93. The van der Waals surface area contributed by atoms with Crippen LogP contribution in [-0.4, -0.2) is 24.0 Å². The summed E-state index contributed by atoms with van der Waals surface area (Å²) in [5.41, 5.74) is 8.47. The van der Waals surface area contributed by atoms with Gasteiger partial charge in [-0.15, -0.1) is 0 Å². The Balaban J connectivity index is 1.50. The lowest BCUT2D eigenvalue weighted by molar-refractivity contribution is 0.699. The van der Waals surface area contributed by atoms with Crippen molar-refractivity contribution >= 4 is 17.6 Å². The summed E-state index contributed by atoms with van der Waals surface area (Å²) < 4.78 is 0. The number of hydrogen-bond donors (Lipinski definition) is 2. The molecule has 1 aromatic carbocycles. The second kappa shape index (κ2) is 7.01. The zero-order valence-electron chi connectivity index (χ0n) is 13.0. The maximum absolute atomic E-state index is 5.97. The minimum Gasteiger partial charge on any atom is -0.370 e. The predicted molar refractivity (Wildman–Crippen MR) is 94.8 cm³/mol. The van der Waals surface area contributed by atoms with Crippen LogP contribution in [0.3, 0.4) is 0 Å². The fraction of sp³-hybridized carbons (Fsp3) is 0.333. The molecule has 0 amide bonds. The molecular weight excluding hydrogens is 308 g/mol. The zero-order chi connectivity index (χ0) is 16.1. The number of nitrogens with zero attached hydrogens (tertiary/aromatic N) is 2. The third kappa shape index (κ3) is 4.23. The molecule has 2 aromatic rings. The number of halogens is 1. The normalized spacial score (nSPS) is 16.1. The second-order valence-corrected chi connectivity index (χ2v) is 6.42. The Labute approximate surface area is 141 Å². The quantitative estimate of drug-likeness (QED) is 0.633. The topological polar surface area (TPSA) is 63.3 Å². The first-order valence-electron chi connectivity index (χ1n) is 7.88. The van der Waals surface area contributed by atoms with Gasteiger partial charge in [0.15, 0.2) is 5.96 Å². The largest absolute Gasteiger partial charge is 0.370 e. The molecule has 3 N–H and O–H groups in total. The average Bonchev–Trinajstić information content (AvgIpc) is 3.36. The molecule has 1 aromatic heterocycles. The summed E-state index contributed by atoms with van der Waals surface area (Å²) in [6, 6.07) is 14.0. The van der Waals surface area contributed by atoms with Gasteiger partial charge in [-0.3, -0.25) is 9.98 Å². The van der Waals surface area contributed by atoms with E-state index in [4.69, 9.17) is 17.3 Å². The zero-order valence-corrected chi connectivity index (χ0v) is 13.8. The molecule has 1 heterocycles. The Kier molecular flexibility index (Phi) is 4.82. The van der Waals surface area contributed by atoms with Gasteiger partial charge in [0.1, 0.15) is 0 Å². The van der Waals surface area contributed by atoms with E-state index in [0.717, 1.165) is 43.1 Å². The summed E-state index contributed by atoms with van der Waals surface area (Å²) in [4.78, 5) is 8.80. The standard InChI is InChI=1S/C18H21ClN4/c19-15-6-4-14(5-7-15)18(9-10-18)13-23-17(20)22-12-8-16-3-1-2-11-21-16/h1-7,11H,8-10,12-13H2,(H3,20,22,23). The van der Waals surface area contributed by atoms with Gasteiger partial charge in [-0.1, -0.05) is 29.8 Å². The van der Waals surface area contributed by atoms with Crippen LogP contribution in [-0.2, 0) is 11.8 Å². The summed E-state index contributed by atoms with van der Waals surface area (Å²) in [6.07, 6.45) is 4.94. The van der Waals surface area contributed by atoms with E-state index in [2.05, 4.69) is 27.4 Å². The first-order chi connectivity index (χ1) is 11.2. The van der Waals surface area contributed by atoms with Gasteiger partial charge >= 0.3 is 0 Å². The van der Waals surface area contributed by atoms with Crippen molar-refractivity contribution in [3.63, 3.8) is 0 Å². The summed E-state index contributed by atoms with van der Waals surface area (Å²) in [5.74, 6) is 0.501. The van der Waals surface area contributed by atoms with Gasteiger partial charge < -0.3 is 11.1 Å². The number of nitrogens with two attached hydrogens (primary N) is 1. The van der Waals surface area contributed by atoms with E-state index in [0.29, 0.717) is 5.96 Å². The fourth-order valence-electron chi connectivity index (χ4n) is 2.65. The van der Waals surface area contributed by atoms with E-state index in [1.54, 1.807) is 6.20 Å². The van der Waals surface area contributed by atoms with Gasteiger partial charge in [0.05, 0.1) is 6.54 Å². The van der Waals surface area contributed by atoms with Gasteiger partial charge in [-0.05, 0) is 42.7 Å². The minimum absolute atomic E-state index is 0.151. The van der Waals surface area contributed by atoms with E-state index < -0.39 is 0 Å². The third-order valence-corrected chi connectivity index (χ3v) is 4.53. The van der Waals surface area contributed by atoms with Crippen molar-refractivity contribution < 1.29 is 0 Å². The Morgan fingerprint density at radius 1 is 1.22 bits per heavy atom. The van der Waals surface area contributed by atoms with Gasteiger partial charge in [-0.25, -0.2) is 0 Å². The molecule has 0 aliphatic heterocycles. The van der Waals surface area contributed by atoms with Crippen LogP contribution < -0.4 is 11.1 Å². The number of benzene rings is 1. The van der Waals surface area contributed by atoms with Crippen LogP contribution in [0, 0.1) is 0 Å². The van der Waals surface area contributed by atoms with Gasteiger partial charge in [0.2, 0.25) is 0 Å². The molecule has 0 radical (unpaired) electrons. The van der Waals surface area contributed by atoms with E-state index in [1.165, 1.54) is 5.56 Å². The van der Waals surface area contributed by atoms with Crippen molar-refractivity contribution in [2.24, 2.45) is 10.7 Å². The van der Waals surface area contributed by atoms with Crippen molar-refractivity contribution in [3.8, 4) is 0 Å². The maximum Gasteiger partial charge on any atom is 0.188 e. The van der Waals surface area contributed by atoms with E-state index in [1.807, 2.05) is 30.3 Å².